The molecule has 0 spiro atoms. The highest BCUT2D eigenvalue weighted by Crippen LogP contribution is 2.37. The van der Waals surface area contributed by atoms with E-state index < -0.39 is 6.17 Å². The highest BCUT2D eigenvalue weighted by molar-refractivity contribution is 6.12. The van der Waals surface area contributed by atoms with E-state index in [1.165, 1.54) is 0 Å². The summed E-state index contributed by atoms with van der Waals surface area (Å²) in [6, 6.07) is 31.4. The lowest BCUT2D eigenvalue weighted by atomic mass is 10.0. The molecule has 0 unspecified atom stereocenters. The Kier molecular flexibility index (Phi) is 6.53. The van der Waals surface area contributed by atoms with Crippen LogP contribution >= 0.6 is 0 Å². The van der Waals surface area contributed by atoms with Crippen LogP contribution in [0.1, 0.15) is 22.1 Å². The van der Waals surface area contributed by atoms with E-state index in [0.717, 1.165) is 16.9 Å². The van der Waals surface area contributed by atoms with Crippen LogP contribution < -0.4 is 25.0 Å². The Hall–Kier alpha value is -4.78. The van der Waals surface area contributed by atoms with Crippen molar-refractivity contribution in [3.05, 3.63) is 114 Å². The number of methoxy groups -OCH3 is 1. The topological polar surface area (TPSA) is 79.9 Å². The van der Waals surface area contributed by atoms with Gasteiger partial charge < -0.3 is 20.1 Å². The van der Waals surface area contributed by atoms with Gasteiger partial charge in [0.05, 0.1) is 12.7 Å². The van der Waals surface area contributed by atoms with Gasteiger partial charge in [0.15, 0.2) is 6.61 Å². The molecule has 2 N–H and O–H groups in total. The van der Waals surface area contributed by atoms with E-state index in [1.54, 1.807) is 18.1 Å². The summed E-state index contributed by atoms with van der Waals surface area (Å²) in [7, 11) is 1.60. The molecule has 2 amide bonds. The predicted molar refractivity (Wildman–Crippen MR) is 140 cm³/mol. The van der Waals surface area contributed by atoms with Gasteiger partial charge in [0.25, 0.3) is 11.8 Å². The van der Waals surface area contributed by atoms with E-state index in [1.807, 2.05) is 97.1 Å². The van der Waals surface area contributed by atoms with Gasteiger partial charge in [0, 0.05) is 17.1 Å². The average Bonchev–Trinajstić information content (AvgIpc) is 2.93. The zero-order valence-corrected chi connectivity index (χ0v) is 19.7. The zero-order chi connectivity index (χ0) is 24.9. The quantitative estimate of drug-likeness (QED) is 0.367. The first kappa shape index (κ1) is 23.0. The molecule has 5 rings (SSSR count). The fraction of sp³-hybridized carbons (Fsp3) is 0.103. The normalized spacial score (nSPS) is 14.4. The van der Waals surface area contributed by atoms with Crippen LogP contribution in [-0.2, 0) is 4.79 Å². The van der Waals surface area contributed by atoms with Gasteiger partial charge in [0.2, 0.25) is 0 Å². The Morgan fingerprint density at radius 1 is 0.889 bits per heavy atom. The van der Waals surface area contributed by atoms with Gasteiger partial charge in [-0.3, -0.25) is 14.5 Å². The fourth-order valence-corrected chi connectivity index (χ4v) is 4.14. The minimum atomic E-state index is -0.484. The van der Waals surface area contributed by atoms with Gasteiger partial charge in [-0.05, 0) is 66.2 Å². The number of rotatable bonds is 7. The molecular formula is C29H25N3O4. The maximum Gasteiger partial charge on any atom is 0.262 e. The highest BCUT2D eigenvalue weighted by Gasteiger charge is 2.34. The van der Waals surface area contributed by atoms with E-state index in [4.69, 9.17) is 9.47 Å². The summed E-state index contributed by atoms with van der Waals surface area (Å²) in [6.07, 6.45) is -0.484. The second kappa shape index (κ2) is 10.2. The van der Waals surface area contributed by atoms with Crippen molar-refractivity contribution >= 4 is 28.9 Å². The van der Waals surface area contributed by atoms with Crippen molar-refractivity contribution in [2.24, 2.45) is 0 Å². The number of para-hydroxylation sites is 2. The summed E-state index contributed by atoms with van der Waals surface area (Å²) in [4.78, 5) is 27.6. The van der Waals surface area contributed by atoms with Crippen LogP contribution in [0.2, 0.25) is 0 Å². The van der Waals surface area contributed by atoms with Crippen LogP contribution in [0.5, 0.6) is 11.5 Å². The number of fused-ring (bicyclic) bond motifs is 1. The first-order chi connectivity index (χ1) is 17.6. The maximum atomic E-state index is 13.6. The van der Waals surface area contributed by atoms with Gasteiger partial charge in [0.1, 0.15) is 17.7 Å². The molecule has 0 radical (unpaired) electrons. The second-order valence-electron chi connectivity index (χ2n) is 8.24. The van der Waals surface area contributed by atoms with Crippen molar-refractivity contribution in [2.45, 2.75) is 6.17 Å². The van der Waals surface area contributed by atoms with Crippen LogP contribution in [0.4, 0.5) is 17.1 Å². The van der Waals surface area contributed by atoms with Crippen LogP contribution in [0.15, 0.2) is 103 Å². The molecule has 7 nitrogen and oxygen atoms in total. The largest absolute Gasteiger partial charge is 0.497 e. The Labute approximate surface area is 209 Å². The summed E-state index contributed by atoms with van der Waals surface area (Å²) in [6.45, 7) is -0.138. The number of nitrogens with zero attached hydrogens (tertiary/aromatic N) is 1. The van der Waals surface area contributed by atoms with Crippen molar-refractivity contribution in [1.29, 1.82) is 0 Å². The molecule has 0 bridgehead atoms. The predicted octanol–water partition coefficient (Wildman–Crippen LogP) is 5.48. The number of carbonyl (C=O) groups excluding carboxylic acids is 2. The number of carbonyl (C=O) groups is 2. The molecule has 1 aliphatic rings. The number of amides is 2. The number of ether oxygens (including phenoxy) is 2. The Morgan fingerprint density at radius 3 is 2.42 bits per heavy atom. The van der Waals surface area contributed by atoms with E-state index in [0.29, 0.717) is 22.7 Å². The van der Waals surface area contributed by atoms with Crippen LogP contribution in [-0.4, -0.2) is 25.5 Å². The van der Waals surface area contributed by atoms with Gasteiger partial charge in [-0.2, -0.15) is 0 Å². The first-order valence-corrected chi connectivity index (χ1v) is 11.5. The van der Waals surface area contributed by atoms with Gasteiger partial charge in [-0.15, -0.1) is 0 Å². The molecule has 4 aromatic rings. The molecule has 1 atom stereocenters. The third-order valence-electron chi connectivity index (χ3n) is 5.88. The zero-order valence-electron chi connectivity index (χ0n) is 19.7. The molecule has 7 heteroatoms. The summed E-state index contributed by atoms with van der Waals surface area (Å²) < 4.78 is 11.1. The number of anilines is 3. The second-order valence-corrected chi connectivity index (χ2v) is 8.24. The average molecular weight is 480 g/mol. The SMILES string of the molecule is COc1ccc(N2C(=O)c3ccccc3N[C@H]2c2cccc(OCC(=O)Nc3ccccc3)c2)cc1. The summed E-state index contributed by atoms with van der Waals surface area (Å²) in [5.74, 6) is 0.857. The molecule has 0 saturated heterocycles. The number of nitrogens with one attached hydrogen (secondary N) is 2. The van der Waals surface area contributed by atoms with Crippen molar-refractivity contribution < 1.29 is 19.1 Å². The lowest BCUT2D eigenvalue weighted by Crippen LogP contribution is -2.43. The molecule has 4 aromatic carbocycles. The lowest BCUT2D eigenvalue weighted by Gasteiger charge is -2.38. The summed E-state index contributed by atoms with van der Waals surface area (Å²) in [5.41, 5.74) is 3.59. The fourth-order valence-electron chi connectivity index (χ4n) is 4.14. The molecular weight excluding hydrogens is 454 g/mol. The number of benzene rings is 4. The van der Waals surface area contributed by atoms with Crippen LogP contribution in [0.25, 0.3) is 0 Å². The highest BCUT2D eigenvalue weighted by atomic mass is 16.5. The van der Waals surface area contributed by atoms with Crippen molar-refractivity contribution in [2.75, 3.05) is 29.3 Å². The van der Waals surface area contributed by atoms with Crippen LogP contribution in [0.3, 0.4) is 0 Å². The molecule has 0 fully saturated rings. The van der Waals surface area contributed by atoms with E-state index in [9.17, 15) is 9.59 Å². The Bertz CT molecular complexity index is 1370. The molecule has 0 saturated carbocycles. The molecule has 0 aliphatic carbocycles. The van der Waals surface area contributed by atoms with Crippen molar-refractivity contribution in [3.8, 4) is 11.5 Å². The van der Waals surface area contributed by atoms with E-state index >= 15 is 0 Å². The first-order valence-electron chi connectivity index (χ1n) is 11.5. The number of hydrogen-bond donors (Lipinski definition) is 2. The molecule has 0 aromatic heterocycles. The molecule has 180 valence electrons. The third kappa shape index (κ3) is 4.86. The van der Waals surface area contributed by atoms with E-state index in [2.05, 4.69) is 10.6 Å². The standard InChI is InChI=1S/C29H25N3O4/c1-35-23-16-14-22(15-17-23)32-28(31-26-13-6-5-12-25(26)29(32)34)20-8-7-11-24(18-20)36-19-27(33)30-21-9-3-2-4-10-21/h2-18,28,31H,19H2,1H3,(H,30,33)/t28-/m1/s1. The number of hydrogen-bond acceptors (Lipinski definition) is 5. The lowest BCUT2D eigenvalue weighted by molar-refractivity contribution is -0.118. The Balaban J connectivity index is 1.40. The maximum absolute atomic E-state index is 13.6. The summed E-state index contributed by atoms with van der Waals surface area (Å²) >= 11 is 0. The smallest absolute Gasteiger partial charge is 0.262 e. The monoisotopic (exact) mass is 479 g/mol. The third-order valence-corrected chi connectivity index (χ3v) is 5.88. The molecule has 36 heavy (non-hydrogen) atoms. The van der Waals surface area contributed by atoms with Gasteiger partial charge in [-0.25, -0.2) is 0 Å². The van der Waals surface area contributed by atoms with Crippen molar-refractivity contribution in [1.82, 2.24) is 0 Å². The van der Waals surface area contributed by atoms with Gasteiger partial charge in [-0.1, -0.05) is 42.5 Å². The van der Waals surface area contributed by atoms with Crippen molar-refractivity contribution in [3.63, 3.8) is 0 Å². The minimum absolute atomic E-state index is 0.118. The summed E-state index contributed by atoms with van der Waals surface area (Å²) in [5, 5.41) is 6.29. The van der Waals surface area contributed by atoms with E-state index in [-0.39, 0.29) is 18.4 Å². The minimum Gasteiger partial charge on any atom is -0.497 e. The molecule has 1 heterocycles. The van der Waals surface area contributed by atoms with Crippen LogP contribution in [0, 0.1) is 0 Å². The van der Waals surface area contributed by atoms with Gasteiger partial charge >= 0.3 is 0 Å². The Morgan fingerprint density at radius 2 is 1.64 bits per heavy atom. The molecule has 1 aliphatic heterocycles.